The number of rotatable bonds is 31. The van der Waals surface area contributed by atoms with Crippen LogP contribution < -0.4 is 54.4 Å². The number of benzene rings is 1. The Bertz CT molecular complexity index is 2120. The maximum absolute atomic E-state index is 14.5. The van der Waals surface area contributed by atoms with Crippen LogP contribution >= 0.6 is 0 Å². The molecule has 0 unspecified atom stereocenters. The van der Waals surface area contributed by atoms with Gasteiger partial charge in [-0.15, -0.1) is 0 Å². The van der Waals surface area contributed by atoms with Crippen LogP contribution in [0.3, 0.4) is 0 Å². The lowest BCUT2D eigenvalue weighted by Gasteiger charge is -2.33. The number of primary amides is 2. The van der Waals surface area contributed by atoms with Gasteiger partial charge in [0.2, 0.25) is 59.1 Å². The SMILES string of the molecule is CC[C@H](C)[C@H](NC(=O)[C@H](CC(N)=O)NC(=O)[C@H](CC(C)C)NC(=O)[C@@H]1CCCN1C(=O)[C@@H](NC(=O)[C@H](CC(C)C)NC(=O)[C@@H](N)Cc1ccccc1)[C@@H](C)CC)C(=O)N[C@H](C(=O)N[C@@H](CC(N)=O)C(=O)O)[C@@H](C)O. The molecular weight excluding hydrogens is 963 g/mol. The summed E-state index contributed by atoms with van der Waals surface area (Å²) in [6.07, 6.45) is -1.36. The van der Waals surface area contributed by atoms with E-state index in [2.05, 4.69) is 31.9 Å². The number of carbonyl (C=O) groups excluding carboxylic acids is 10. The van der Waals surface area contributed by atoms with Crippen molar-refractivity contribution >= 4 is 65.0 Å². The minimum atomic E-state index is -1.79. The zero-order valence-corrected chi connectivity index (χ0v) is 44.1. The van der Waals surface area contributed by atoms with Crippen LogP contribution in [0, 0.1) is 23.7 Å². The van der Waals surface area contributed by atoms with Crippen LogP contribution in [0.1, 0.15) is 119 Å². The van der Waals surface area contributed by atoms with E-state index in [1.807, 2.05) is 56.4 Å². The van der Waals surface area contributed by atoms with Crippen LogP contribution in [0.4, 0.5) is 0 Å². The van der Waals surface area contributed by atoms with Crippen molar-refractivity contribution in [3.63, 3.8) is 0 Å². The van der Waals surface area contributed by atoms with Crippen LogP contribution in [0.2, 0.25) is 0 Å². The fraction of sp³-hybridized carbons (Fsp3) is 0.660. The summed E-state index contributed by atoms with van der Waals surface area (Å²) in [6, 6.07) is -3.10. The number of aliphatic hydroxyl groups is 1. The fourth-order valence-electron chi connectivity index (χ4n) is 8.28. The van der Waals surface area contributed by atoms with Crippen LogP contribution in [0.5, 0.6) is 0 Å². The molecular formula is C50H81N11O13. The molecule has 414 valence electrons. The van der Waals surface area contributed by atoms with Gasteiger partial charge in [-0.2, -0.15) is 0 Å². The second-order valence-electron chi connectivity index (χ2n) is 20.1. The monoisotopic (exact) mass is 1040 g/mol. The fourth-order valence-corrected chi connectivity index (χ4v) is 8.28. The predicted molar refractivity (Wildman–Crippen MR) is 271 cm³/mol. The Kier molecular flexibility index (Phi) is 26.1. The summed E-state index contributed by atoms with van der Waals surface area (Å²) in [4.78, 5) is 148. The van der Waals surface area contributed by atoms with E-state index in [4.69, 9.17) is 17.2 Å². The molecule has 0 bridgehead atoms. The molecule has 1 saturated heterocycles. The Morgan fingerprint density at radius 2 is 1.04 bits per heavy atom. The van der Waals surface area contributed by atoms with Gasteiger partial charge in [0.15, 0.2) is 0 Å². The van der Waals surface area contributed by atoms with Crippen molar-refractivity contribution in [1.29, 1.82) is 0 Å². The molecule has 0 radical (unpaired) electrons. The molecule has 24 heteroatoms. The van der Waals surface area contributed by atoms with E-state index >= 15 is 0 Å². The molecule has 2 rings (SSSR count). The molecule has 0 aliphatic carbocycles. The van der Waals surface area contributed by atoms with E-state index in [0.717, 1.165) is 12.5 Å². The molecule has 12 atom stereocenters. The number of amides is 10. The zero-order chi connectivity index (χ0) is 56.1. The molecule has 0 aromatic heterocycles. The van der Waals surface area contributed by atoms with Crippen LogP contribution in [-0.2, 0) is 59.2 Å². The van der Waals surface area contributed by atoms with Gasteiger partial charge in [0.1, 0.15) is 48.3 Å². The molecule has 1 aromatic carbocycles. The second kappa shape index (κ2) is 30.5. The summed E-state index contributed by atoms with van der Waals surface area (Å²) in [6.45, 7) is 15.4. The number of carboxylic acids is 1. The van der Waals surface area contributed by atoms with Gasteiger partial charge >= 0.3 is 5.97 Å². The maximum Gasteiger partial charge on any atom is 0.326 e. The van der Waals surface area contributed by atoms with Gasteiger partial charge in [-0.3, -0.25) is 47.9 Å². The van der Waals surface area contributed by atoms with E-state index in [1.54, 1.807) is 34.6 Å². The van der Waals surface area contributed by atoms with Crippen molar-refractivity contribution in [2.45, 2.75) is 181 Å². The van der Waals surface area contributed by atoms with Gasteiger partial charge in [0, 0.05) is 6.54 Å². The number of likely N-dealkylation sites (tertiary alicyclic amines) is 1. The number of aliphatic hydroxyl groups excluding tert-OH is 1. The van der Waals surface area contributed by atoms with Gasteiger partial charge in [-0.25, -0.2) is 4.79 Å². The van der Waals surface area contributed by atoms with Crippen LogP contribution in [0.15, 0.2) is 30.3 Å². The van der Waals surface area contributed by atoms with Gasteiger partial charge < -0.3 is 69.5 Å². The molecule has 0 saturated carbocycles. The highest BCUT2D eigenvalue weighted by Gasteiger charge is 2.42. The Morgan fingerprint density at radius 3 is 1.55 bits per heavy atom. The number of aliphatic carboxylic acids is 1. The van der Waals surface area contributed by atoms with Gasteiger partial charge in [0.25, 0.3) is 0 Å². The normalized spacial score (nSPS) is 17.9. The van der Waals surface area contributed by atoms with Crippen molar-refractivity contribution in [3.8, 4) is 0 Å². The molecule has 15 N–H and O–H groups in total. The third kappa shape index (κ3) is 20.3. The molecule has 1 fully saturated rings. The second-order valence-corrected chi connectivity index (χ2v) is 20.1. The summed E-state index contributed by atoms with van der Waals surface area (Å²) < 4.78 is 0. The third-order valence-corrected chi connectivity index (χ3v) is 12.8. The highest BCUT2D eigenvalue weighted by Crippen LogP contribution is 2.23. The summed E-state index contributed by atoms with van der Waals surface area (Å²) in [5, 5.41) is 37.5. The smallest absolute Gasteiger partial charge is 0.326 e. The molecule has 74 heavy (non-hydrogen) atoms. The third-order valence-electron chi connectivity index (χ3n) is 12.8. The first kappa shape index (κ1) is 63.4. The summed E-state index contributed by atoms with van der Waals surface area (Å²) in [5.74, 6) is -11.6. The minimum absolute atomic E-state index is 0.0234. The molecule has 1 aliphatic rings. The Morgan fingerprint density at radius 1 is 0.595 bits per heavy atom. The first-order valence-corrected chi connectivity index (χ1v) is 25.3. The number of hydrogen-bond acceptors (Lipinski definition) is 13. The van der Waals surface area contributed by atoms with Crippen LogP contribution in [-0.4, -0.2) is 147 Å². The van der Waals surface area contributed by atoms with Crippen molar-refractivity contribution < 1.29 is 63.0 Å². The zero-order valence-electron chi connectivity index (χ0n) is 44.1. The number of nitrogens with zero attached hydrogens (tertiary/aromatic N) is 1. The lowest BCUT2D eigenvalue weighted by molar-refractivity contribution is -0.144. The topological polar surface area (TPSA) is 394 Å². The lowest BCUT2D eigenvalue weighted by atomic mass is 9.95. The summed E-state index contributed by atoms with van der Waals surface area (Å²) in [5.41, 5.74) is 17.7. The first-order valence-electron chi connectivity index (χ1n) is 25.3. The van der Waals surface area contributed by atoms with Gasteiger partial charge in [0.05, 0.1) is 25.0 Å². The van der Waals surface area contributed by atoms with Gasteiger partial charge in [-0.05, 0) is 68.3 Å². The average molecular weight is 1040 g/mol. The largest absolute Gasteiger partial charge is 0.480 e. The average Bonchev–Trinajstić information content (AvgIpc) is 3.82. The molecule has 10 amide bonds. The van der Waals surface area contributed by atoms with Crippen LogP contribution in [0.25, 0.3) is 0 Å². The van der Waals surface area contributed by atoms with Crippen molar-refractivity contribution in [2.75, 3.05) is 6.54 Å². The van der Waals surface area contributed by atoms with Crippen molar-refractivity contribution in [1.82, 2.24) is 42.1 Å². The van der Waals surface area contributed by atoms with E-state index in [1.165, 1.54) is 4.90 Å². The Labute approximate surface area is 432 Å². The van der Waals surface area contributed by atoms with E-state index in [9.17, 15) is 63.0 Å². The maximum atomic E-state index is 14.5. The molecule has 24 nitrogen and oxygen atoms in total. The standard InChI is InChI=1S/C50H81N11O13/c1-10-27(7)39(47(70)60-41(29(9)62)48(71)57-35(50(73)74)24-38(53)64)58-45(68)34(23-37(52)63)55-43(66)32(20-25(3)4)56-46(69)36-18-15-19-61(36)49(72)40(28(8)11-2)59-44(67)33(21-26(5)6)54-42(65)31(51)22-30-16-13-12-14-17-30/h12-14,16-17,25-29,31-36,39-41,62H,10-11,15,18-24,51H2,1-9H3,(H2,52,63)(H2,53,64)(H,54,65)(H,55,66)(H,56,69)(H,57,71)(H,58,68)(H,59,67)(H,60,70)(H,73,74)/t27-,28-,29+,31-,32-,33-,34-,35-,36-,39-,40-,41-/m0/s1. The number of carbonyl (C=O) groups is 11. The molecule has 1 aromatic rings. The van der Waals surface area contributed by atoms with E-state index in [-0.39, 0.29) is 50.5 Å². The Hall–Kier alpha value is -6.69. The summed E-state index contributed by atoms with van der Waals surface area (Å²) >= 11 is 0. The van der Waals surface area contributed by atoms with E-state index < -0.39 is 150 Å². The Balaban J connectivity index is 2.34. The van der Waals surface area contributed by atoms with Crippen molar-refractivity contribution in [3.05, 3.63) is 35.9 Å². The predicted octanol–water partition coefficient (Wildman–Crippen LogP) is -1.66. The highest BCUT2D eigenvalue weighted by molar-refractivity contribution is 5.99. The van der Waals surface area contributed by atoms with Gasteiger partial charge in [-0.1, -0.05) is 98.6 Å². The molecule has 1 aliphatic heterocycles. The number of nitrogens with two attached hydrogens (primary N) is 3. The lowest BCUT2D eigenvalue weighted by Crippen LogP contribution is -2.62. The quantitative estimate of drug-likeness (QED) is 0.0396. The number of hydrogen-bond donors (Lipinski definition) is 12. The first-order chi connectivity index (χ1) is 34.6. The number of nitrogens with one attached hydrogen (secondary N) is 7. The highest BCUT2D eigenvalue weighted by atomic mass is 16.4. The summed E-state index contributed by atoms with van der Waals surface area (Å²) in [7, 11) is 0. The molecule has 0 spiro atoms. The molecule has 1 heterocycles. The number of carboxylic acid groups (broad SMARTS) is 1. The van der Waals surface area contributed by atoms with E-state index in [0.29, 0.717) is 12.8 Å². The minimum Gasteiger partial charge on any atom is -0.480 e. The van der Waals surface area contributed by atoms with Crippen molar-refractivity contribution in [2.24, 2.45) is 40.9 Å².